The Morgan fingerprint density at radius 2 is 1.88 bits per heavy atom. The van der Waals surface area contributed by atoms with Crippen LogP contribution >= 0.6 is 0 Å². The lowest BCUT2D eigenvalue weighted by Gasteiger charge is -2.34. The number of carbonyl (C=O) groups excluding carboxylic acids is 1. The third-order valence-corrected chi connectivity index (χ3v) is 5.17. The number of hydrogen-bond donors (Lipinski definition) is 1. The molecule has 1 heterocycles. The second-order valence-corrected chi connectivity index (χ2v) is 9.20. The smallest absolute Gasteiger partial charge is 0.332 e. The first-order valence-corrected chi connectivity index (χ1v) is 11.1. The lowest BCUT2D eigenvalue weighted by atomic mass is 9.88. The normalized spacial score (nSPS) is 14.0. The van der Waals surface area contributed by atoms with E-state index in [2.05, 4.69) is 62.9 Å². The summed E-state index contributed by atoms with van der Waals surface area (Å²) < 4.78 is 38.9. The van der Waals surface area contributed by atoms with Gasteiger partial charge < -0.3 is 4.90 Å². The minimum absolute atomic E-state index is 0.155. The van der Waals surface area contributed by atoms with Crippen molar-refractivity contribution < 1.29 is 18.0 Å². The highest BCUT2D eigenvalue weighted by atomic mass is 19.4. The van der Waals surface area contributed by atoms with Crippen molar-refractivity contribution in [1.29, 1.82) is 0 Å². The van der Waals surface area contributed by atoms with E-state index in [0.29, 0.717) is 19.1 Å². The Labute approximate surface area is 195 Å². The quantitative estimate of drug-likeness (QED) is 0.392. The number of alkyl halides is 3. The van der Waals surface area contributed by atoms with Crippen LogP contribution in [0.2, 0.25) is 0 Å². The molecule has 5 nitrogen and oxygen atoms in total. The summed E-state index contributed by atoms with van der Waals surface area (Å²) in [6.07, 6.45) is 4.92. The molecule has 1 N–H and O–H groups in total. The number of allylic oxidation sites excluding steroid dienone is 4. The second kappa shape index (κ2) is 12.6. The van der Waals surface area contributed by atoms with Crippen LogP contribution in [-0.2, 0) is 6.18 Å². The highest BCUT2D eigenvalue weighted by molar-refractivity contribution is 5.92. The fourth-order valence-electron chi connectivity index (χ4n) is 3.62. The van der Waals surface area contributed by atoms with Crippen molar-refractivity contribution >= 4 is 5.91 Å². The maximum absolute atomic E-state index is 13.1. The molecular formula is C25H37F3N4O. The van der Waals surface area contributed by atoms with E-state index in [9.17, 15) is 18.0 Å². The fourth-order valence-corrected chi connectivity index (χ4v) is 3.62. The van der Waals surface area contributed by atoms with Gasteiger partial charge in [0, 0.05) is 31.7 Å². The number of nitrogens with zero attached hydrogens (tertiary/aromatic N) is 3. The van der Waals surface area contributed by atoms with E-state index < -0.39 is 17.8 Å². The number of carbonyl (C=O) groups is 1. The average Bonchev–Trinajstić information content (AvgIpc) is 3.21. The van der Waals surface area contributed by atoms with E-state index in [0.717, 1.165) is 24.6 Å². The number of aromatic amines is 1. The zero-order valence-electron chi connectivity index (χ0n) is 20.4. The standard InChI is InChI=1S/C25H37F3N4O/c1-8-11-12-13-20(9-2)18-32(15-14-31(10-3)19(4)17-24(5,6)7)23(33)21-16-22(30-29-21)25(26,27)28/h8-9,11-13,16,19H,1-2,10,14-15,17-18H2,3-7H3,(H,29,30)/b12-11-,20-13+. The minimum Gasteiger partial charge on any atom is -0.332 e. The van der Waals surface area contributed by atoms with Crippen molar-refractivity contribution in [2.75, 3.05) is 26.2 Å². The molecule has 184 valence electrons. The molecule has 1 rings (SSSR count). The van der Waals surface area contributed by atoms with Crippen molar-refractivity contribution in [2.24, 2.45) is 5.41 Å². The van der Waals surface area contributed by atoms with Crippen LogP contribution in [0.5, 0.6) is 0 Å². The molecule has 0 bridgehead atoms. The molecule has 0 spiro atoms. The van der Waals surface area contributed by atoms with E-state index in [4.69, 9.17) is 0 Å². The molecule has 0 aliphatic rings. The lowest BCUT2D eigenvalue weighted by Crippen LogP contribution is -2.43. The fraction of sp³-hybridized carbons (Fsp3) is 0.520. The molecule has 0 aliphatic heterocycles. The van der Waals surface area contributed by atoms with Gasteiger partial charge >= 0.3 is 6.18 Å². The summed E-state index contributed by atoms with van der Waals surface area (Å²) >= 11 is 0. The van der Waals surface area contributed by atoms with E-state index in [-0.39, 0.29) is 17.7 Å². The minimum atomic E-state index is -4.62. The maximum atomic E-state index is 13.1. The van der Waals surface area contributed by atoms with Gasteiger partial charge in [0.25, 0.3) is 5.91 Å². The molecule has 0 aliphatic carbocycles. The second-order valence-electron chi connectivity index (χ2n) is 9.20. The molecule has 33 heavy (non-hydrogen) atoms. The lowest BCUT2D eigenvalue weighted by molar-refractivity contribution is -0.141. The van der Waals surface area contributed by atoms with Crippen LogP contribution in [0.15, 0.2) is 55.2 Å². The number of nitrogens with one attached hydrogen (secondary N) is 1. The third-order valence-electron chi connectivity index (χ3n) is 5.17. The highest BCUT2D eigenvalue weighted by Crippen LogP contribution is 2.28. The van der Waals surface area contributed by atoms with Crippen LogP contribution in [0.25, 0.3) is 0 Å². The van der Waals surface area contributed by atoms with Gasteiger partial charge in [-0.15, -0.1) is 0 Å². The van der Waals surface area contributed by atoms with Crippen LogP contribution < -0.4 is 0 Å². The summed E-state index contributed by atoms with van der Waals surface area (Å²) in [5.74, 6) is -0.544. The first kappa shape index (κ1) is 28.4. The largest absolute Gasteiger partial charge is 0.435 e. The summed E-state index contributed by atoms with van der Waals surface area (Å²) in [7, 11) is 0. The van der Waals surface area contributed by atoms with Crippen molar-refractivity contribution in [2.45, 2.75) is 53.3 Å². The van der Waals surface area contributed by atoms with Crippen LogP contribution in [0.1, 0.15) is 57.2 Å². The molecule has 0 fully saturated rings. The van der Waals surface area contributed by atoms with Crippen LogP contribution in [-0.4, -0.2) is 58.1 Å². The van der Waals surface area contributed by atoms with Gasteiger partial charge in [-0.2, -0.15) is 18.3 Å². The number of likely N-dealkylation sites (N-methyl/N-ethyl adjacent to an activating group) is 1. The van der Waals surface area contributed by atoms with E-state index >= 15 is 0 Å². The Kier molecular flexibility index (Phi) is 10.8. The van der Waals surface area contributed by atoms with E-state index in [1.807, 2.05) is 0 Å². The zero-order valence-corrected chi connectivity index (χ0v) is 20.4. The van der Waals surface area contributed by atoms with Gasteiger partial charge in [0.1, 0.15) is 5.69 Å². The van der Waals surface area contributed by atoms with Gasteiger partial charge in [-0.25, -0.2) is 0 Å². The average molecular weight is 467 g/mol. The Morgan fingerprint density at radius 1 is 1.21 bits per heavy atom. The molecular weight excluding hydrogens is 429 g/mol. The first-order valence-electron chi connectivity index (χ1n) is 11.1. The molecule has 1 unspecified atom stereocenters. The van der Waals surface area contributed by atoms with Gasteiger partial charge in [0.15, 0.2) is 5.69 Å². The molecule has 1 amide bonds. The number of rotatable bonds is 12. The number of amides is 1. The molecule has 8 heteroatoms. The van der Waals surface area contributed by atoms with Crippen LogP contribution in [0.3, 0.4) is 0 Å². The van der Waals surface area contributed by atoms with Crippen molar-refractivity contribution in [1.82, 2.24) is 20.0 Å². The molecule has 1 aromatic rings. The van der Waals surface area contributed by atoms with E-state index in [1.54, 1.807) is 30.4 Å². The molecule has 1 aromatic heterocycles. The van der Waals surface area contributed by atoms with Gasteiger partial charge in [-0.3, -0.25) is 14.8 Å². The summed E-state index contributed by atoms with van der Waals surface area (Å²) in [6.45, 7) is 20.1. The highest BCUT2D eigenvalue weighted by Gasteiger charge is 2.35. The van der Waals surface area contributed by atoms with Crippen LogP contribution in [0.4, 0.5) is 13.2 Å². The Balaban J connectivity index is 3.13. The van der Waals surface area contributed by atoms with Gasteiger partial charge in [-0.1, -0.05) is 71.2 Å². The predicted octanol–water partition coefficient (Wildman–Crippen LogP) is 5.87. The van der Waals surface area contributed by atoms with Gasteiger partial charge in [-0.05, 0) is 30.9 Å². The Bertz CT molecular complexity index is 847. The molecule has 0 saturated heterocycles. The number of aromatic nitrogens is 2. The Morgan fingerprint density at radius 3 is 2.36 bits per heavy atom. The van der Waals surface area contributed by atoms with E-state index in [1.165, 1.54) is 4.90 Å². The summed E-state index contributed by atoms with van der Waals surface area (Å²) in [6, 6.07) is 1.05. The summed E-state index contributed by atoms with van der Waals surface area (Å²) in [4.78, 5) is 16.9. The Hall–Kier alpha value is -2.61. The number of hydrogen-bond acceptors (Lipinski definition) is 3. The first-order chi connectivity index (χ1) is 15.3. The molecule has 0 aromatic carbocycles. The predicted molar refractivity (Wildman–Crippen MR) is 128 cm³/mol. The van der Waals surface area contributed by atoms with Crippen molar-refractivity contribution in [3.63, 3.8) is 0 Å². The molecule has 0 saturated carbocycles. The maximum Gasteiger partial charge on any atom is 0.435 e. The van der Waals surface area contributed by atoms with Gasteiger partial charge in [0.2, 0.25) is 0 Å². The third kappa shape index (κ3) is 9.82. The summed E-state index contributed by atoms with van der Waals surface area (Å²) in [5.41, 5.74) is -0.406. The topological polar surface area (TPSA) is 52.2 Å². The van der Waals surface area contributed by atoms with Crippen molar-refractivity contribution in [3.05, 3.63) is 66.6 Å². The monoisotopic (exact) mass is 466 g/mol. The van der Waals surface area contributed by atoms with Crippen LogP contribution in [0, 0.1) is 5.41 Å². The van der Waals surface area contributed by atoms with Crippen molar-refractivity contribution in [3.8, 4) is 0 Å². The molecule has 1 atom stereocenters. The number of H-pyrrole nitrogens is 1. The number of halogens is 3. The summed E-state index contributed by atoms with van der Waals surface area (Å²) in [5, 5.41) is 5.51. The van der Waals surface area contributed by atoms with Gasteiger partial charge in [0.05, 0.1) is 0 Å². The molecule has 0 radical (unpaired) electrons. The SMILES string of the molecule is C=C/C=C\C=C(/C=C)CN(CCN(CC)C(C)CC(C)(C)C)C(=O)c1cc(C(F)(F)F)n[nH]1. The zero-order chi connectivity index (χ0) is 25.2.